The van der Waals surface area contributed by atoms with Crippen LogP contribution in [0.15, 0.2) is 18.3 Å². The molecule has 0 bridgehead atoms. The molecule has 2 atom stereocenters. The van der Waals surface area contributed by atoms with Crippen molar-refractivity contribution in [2.75, 3.05) is 14.2 Å². The third kappa shape index (κ3) is 2.33. The zero-order chi connectivity index (χ0) is 12.2. The summed E-state index contributed by atoms with van der Waals surface area (Å²) in [5, 5.41) is 0. The number of ether oxygens (including phenoxy) is 2. The molecule has 2 unspecified atom stereocenters. The van der Waals surface area contributed by atoms with Gasteiger partial charge in [-0.2, -0.15) is 0 Å². The molecule has 2 N–H and O–H groups in total. The maximum atomic E-state index is 6.20. The van der Waals surface area contributed by atoms with Crippen LogP contribution in [-0.2, 0) is 4.74 Å². The summed E-state index contributed by atoms with van der Waals surface area (Å²) in [6.07, 6.45) is 2.52. The third-order valence-electron chi connectivity index (χ3n) is 3.14. The van der Waals surface area contributed by atoms with Crippen molar-refractivity contribution in [2.45, 2.75) is 31.9 Å². The molecule has 0 saturated carbocycles. The van der Waals surface area contributed by atoms with Gasteiger partial charge < -0.3 is 15.2 Å². The number of hydrogen-bond acceptors (Lipinski definition) is 4. The van der Waals surface area contributed by atoms with Gasteiger partial charge in [0.1, 0.15) is 11.4 Å². The molecule has 0 spiro atoms. The fourth-order valence-electron chi connectivity index (χ4n) is 1.59. The van der Waals surface area contributed by atoms with Crippen molar-refractivity contribution in [3.05, 3.63) is 24.0 Å². The normalized spacial score (nSPS) is 16.6. The van der Waals surface area contributed by atoms with Crippen LogP contribution < -0.4 is 10.5 Å². The highest BCUT2D eigenvalue weighted by Crippen LogP contribution is 2.32. The Kier molecular flexibility index (Phi) is 4.26. The Hall–Kier alpha value is -1.13. The van der Waals surface area contributed by atoms with Crippen LogP contribution in [-0.4, -0.2) is 24.8 Å². The Bertz CT molecular complexity index is 338. The van der Waals surface area contributed by atoms with Gasteiger partial charge in [0.25, 0.3) is 0 Å². The van der Waals surface area contributed by atoms with Gasteiger partial charge >= 0.3 is 0 Å². The summed E-state index contributed by atoms with van der Waals surface area (Å²) in [6.45, 7) is 4.02. The molecule has 0 saturated heterocycles. The lowest BCUT2D eigenvalue weighted by Gasteiger charge is -2.33. The second-order valence-corrected chi connectivity index (χ2v) is 3.94. The number of aromatic nitrogens is 1. The van der Waals surface area contributed by atoms with Crippen LogP contribution in [0.4, 0.5) is 0 Å². The van der Waals surface area contributed by atoms with Crippen molar-refractivity contribution < 1.29 is 9.47 Å². The van der Waals surface area contributed by atoms with Crippen LogP contribution in [0.2, 0.25) is 0 Å². The first-order chi connectivity index (χ1) is 7.59. The van der Waals surface area contributed by atoms with E-state index < -0.39 is 5.60 Å². The van der Waals surface area contributed by atoms with E-state index in [-0.39, 0.29) is 6.04 Å². The maximum Gasteiger partial charge on any atom is 0.142 e. The van der Waals surface area contributed by atoms with E-state index in [1.54, 1.807) is 20.4 Å². The zero-order valence-corrected chi connectivity index (χ0v) is 10.4. The minimum atomic E-state index is -0.429. The standard InChI is InChI=1S/C12H20N2O2/c1-5-12(2,16-4)11(13)10-9(15-3)7-6-8-14-10/h6-8,11H,5,13H2,1-4H3. The highest BCUT2D eigenvalue weighted by molar-refractivity contribution is 5.31. The first-order valence-corrected chi connectivity index (χ1v) is 5.38. The summed E-state index contributed by atoms with van der Waals surface area (Å²) in [5.74, 6) is 0.701. The predicted molar refractivity (Wildman–Crippen MR) is 63.4 cm³/mol. The van der Waals surface area contributed by atoms with E-state index in [2.05, 4.69) is 4.98 Å². The minimum absolute atomic E-state index is 0.307. The van der Waals surface area contributed by atoms with Crippen molar-refractivity contribution in [1.29, 1.82) is 0 Å². The number of nitrogens with zero attached hydrogens (tertiary/aromatic N) is 1. The average Bonchev–Trinajstić information content (AvgIpc) is 2.36. The lowest BCUT2D eigenvalue weighted by molar-refractivity contribution is -0.0210. The molecule has 0 aliphatic carbocycles. The Morgan fingerprint density at radius 3 is 2.69 bits per heavy atom. The van der Waals surface area contributed by atoms with E-state index in [1.807, 2.05) is 26.0 Å². The number of methoxy groups -OCH3 is 2. The average molecular weight is 224 g/mol. The Balaban J connectivity index is 3.08. The topological polar surface area (TPSA) is 57.4 Å². The third-order valence-corrected chi connectivity index (χ3v) is 3.14. The smallest absolute Gasteiger partial charge is 0.142 e. The molecule has 1 heterocycles. The van der Waals surface area contributed by atoms with Crippen molar-refractivity contribution in [3.8, 4) is 5.75 Å². The van der Waals surface area contributed by atoms with Crippen molar-refractivity contribution in [2.24, 2.45) is 5.73 Å². The van der Waals surface area contributed by atoms with Gasteiger partial charge in [-0.05, 0) is 25.5 Å². The first-order valence-electron chi connectivity index (χ1n) is 5.38. The molecule has 1 rings (SSSR count). The first kappa shape index (κ1) is 12.9. The second-order valence-electron chi connectivity index (χ2n) is 3.94. The van der Waals surface area contributed by atoms with E-state index >= 15 is 0 Å². The van der Waals surface area contributed by atoms with Gasteiger partial charge in [0.2, 0.25) is 0 Å². The largest absolute Gasteiger partial charge is 0.495 e. The van der Waals surface area contributed by atoms with Crippen molar-refractivity contribution in [3.63, 3.8) is 0 Å². The van der Waals surface area contributed by atoms with Crippen LogP contribution in [0.25, 0.3) is 0 Å². The van der Waals surface area contributed by atoms with E-state index in [0.717, 1.165) is 12.1 Å². The number of nitrogens with two attached hydrogens (primary N) is 1. The van der Waals surface area contributed by atoms with Crippen LogP contribution in [0, 0.1) is 0 Å². The van der Waals surface area contributed by atoms with E-state index in [1.165, 1.54) is 0 Å². The Morgan fingerprint density at radius 1 is 1.50 bits per heavy atom. The van der Waals surface area contributed by atoms with E-state index in [4.69, 9.17) is 15.2 Å². The van der Waals surface area contributed by atoms with Crippen molar-refractivity contribution in [1.82, 2.24) is 4.98 Å². The molecular formula is C12H20N2O2. The molecule has 0 fully saturated rings. The van der Waals surface area contributed by atoms with Crippen molar-refractivity contribution >= 4 is 0 Å². The highest BCUT2D eigenvalue weighted by Gasteiger charge is 2.33. The Labute approximate surface area is 96.8 Å². The fourth-order valence-corrected chi connectivity index (χ4v) is 1.59. The van der Waals surface area contributed by atoms with Gasteiger partial charge in [-0.3, -0.25) is 4.98 Å². The molecule has 0 amide bonds. The van der Waals surface area contributed by atoms with Crippen LogP contribution >= 0.6 is 0 Å². The summed E-state index contributed by atoms with van der Waals surface area (Å²) in [5.41, 5.74) is 6.51. The summed E-state index contributed by atoms with van der Waals surface area (Å²) >= 11 is 0. The summed E-state index contributed by atoms with van der Waals surface area (Å²) in [7, 11) is 3.28. The number of rotatable bonds is 5. The summed E-state index contributed by atoms with van der Waals surface area (Å²) < 4.78 is 10.7. The van der Waals surface area contributed by atoms with Gasteiger partial charge in [-0.15, -0.1) is 0 Å². The fraction of sp³-hybridized carbons (Fsp3) is 0.583. The van der Waals surface area contributed by atoms with E-state index in [9.17, 15) is 0 Å². The molecule has 0 aliphatic heterocycles. The predicted octanol–water partition coefficient (Wildman–Crippen LogP) is 1.91. The second kappa shape index (κ2) is 5.27. The maximum absolute atomic E-state index is 6.20. The molecule has 1 aromatic heterocycles. The lowest BCUT2D eigenvalue weighted by Crippen LogP contribution is -2.40. The summed E-state index contributed by atoms with van der Waals surface area (Å²) in [4.78, 5) is 4.28. The molecule has 4 nitrogen and oxygen atoms in total. The lowest BCUT2D eigenvalue weighted by atomic mass is 9.91. The molecule has 16 heavy (non-hydrogen) atoms. The van der Waals surface area contributed by atoms with Gasteiger partial charge in [0.15, 0.2) is 0 Å². The van der Waals surface area contributed by atoms with Crippen LogP contribution in [0.1, 0.15) is 32.0 Å². The molecular weight excluding hydrogens is 204 g/mol. The highest BCUT2D eigenvalue weighted by atomic mass is 16.5. The van der Waals surface area contributed by atoms with Gasteiger partial charge in [0.05, 0.1) is 18.8 Å². The zero-order valence-electron chi connectivity index (χ0n) is 10.4. The number of pyridine rings is 1. The molecule has 1 aromatic rings. The van der Waals surface area contributed by atoms with E-state index in [0.29, 0.717) is 5.75 Å². The Morgan fingerprint density at radius 2 is 2.19 bits per heavy atom. The molecule has 0 aromatic carbocycles. The van der Waals surface area contributed by atoms with Gasteiger partial charge in [-0.1, -0.05) is 6.92 Å². The number of hydrogen-bond donors (Lipinski definition) is 1. The molecule has 4 heteroatoms. The quantitative estimate of drug-likeness (QED) is 0.830. The molecule has 0 aliphatic rings. The van der Waals surface area contributed by atoms with Crippen LogP contribution in [0.5, 0.6) is 5.75 Å². The van der Waals surface area contributed by atoms with Gasteiger partial charge in [0, 0.05) is 13.3 Å². The minimum Gasteiger partial charge on any atom is -0.495 e. The molecule has 0 radical (unpaired) electrons. The monoisotopic (exact) mass is 224 g/mol. The van der Waals surface area contributed by atoms with Gasteiger partial charge in [-0.25, -0.2) is 0 Å². The molecule has 90 valence electrons. The SMILES string of the molecule is CCC(C)(OC)C(N)c1ncccc1OC. The van der Waals surface area contributed by atoms with Crippen LogP contribution in [0.3, 0.4) is 0 Å². The summed E-state index contributed by atoms with van der Waals surface area (Å²) in [6, 6.07) is 3.37.